The van der Waals surface area contributed by atoms with Crippen LogP contribution < -0.4 is 0 Å². The molecular weight excluding hydrogens is 228 g/mol. The summed E-state index contributed by atoms with van der Waals surface area (Å²) in [6, 6.07) is 3.35. The molecule has 1 aliphatic heterocycles. The fraction of sp³-hybridized carbons (Fsp3) is 0.417. The molecule has 2 rings (SSSR count). The van der Waals surface area contributed by atoms with E-state index in [0.717, 1.165) is 12.1 Å². The highest BCUT2D eigenvalue weighted by atomic mass is 19.1. The summed E-state index contributed by atoms with van der Waals surface area (Å²) in [6.45, 7) is 0.768. The molecule has 5 heteroatoms. The van der Waals surface area contributed by atoms with E-state index < -0.39 is 23.1 Å². The number of halogens is 2. The van der Waals surface area contributed by atoms with Crippen LogP contribution in [0, 0.1) is 17.6 Å². The second-order valence-corrected chi connectivity index (χ2v) is 4.19. The summed E-state index contributed by atoms with van der Waals surface area (Å²) in [5.41, 5.74) is -0.508. The minimum Gasteiger partial charge on any atom is -0.396 e. The molecule has 0 spiro atoms. The fourth-order valence-corrected chi connectivity index (χ4v) is 2.03. The van der Waals surface area contributed by atoms with Crippen molar-refractivity contribution in [2.24, 2.45) is 5.92 Å². The van der Waals surface area contributed by atoms with Crippen LogP contribution in [0.2, 0.25) is 0 Å². The number of carbonyl (C=O) groups excluding carboxylic acids is 1. The Morgan fingerprint density at radius 3 is 2.59 bits per heavy atom. The van der Waals surface area contributed by atoms with Crippen LogP contribution in [0.25, 0.3) is 0 Å². The third kappa shape index (κ3) is 2.29. The van der Waals surface area contributed by atoms with Gasteiger partial charge in [0.15, 0.2) is 0 Å². The van der Waals surface area contributed by atoms with Crippen LogP contribution in [0.4, 0.5) is 8.78 Å². The molecule has 0 bridgehead atoms. The van der Waals surface area contributed by atoms with Gasteiger partial charge in [-0.2, -0.15) is 0 Å². The summed E-state index contributed by atoms with van der Waals surface area (Å²) < 4.78 is 26.8. The van der Waals surface area contributed by atoms with Crippen LogP contribution in [-0.2, 0) is 0 Å². The molecule has 0 radical (unpaired) electrons. The first-order valence-corrected chi connectivity index (χ1v) is 5.47. The van der Waals surface area contributed by atoms with Gasteiger partial charge in [0, 0.05) is 25.6 Å². The number of aliphatic hydroxyl groups excluding tert-OH is 1. The largest absolute Gasteiger partial charge is 0.396 e. The molecule has 0 unspecified atom stereocenters. The number of nitrogens with zero attached hydrogens (tertiary/aromatic N) is 1. The summed E-state index contributed by atoms with van der Waals surface area (Å²) in [4.78, 5) is 13.3. The zero-order valence-electron chi connectivity index (χ0n) is 9.20. The maximum absolute atomic E-state index is 13.4. The lowest BCUT2D eigenvalue weighted by Gasteiger charge is -2.16. The molecule has 0 aliphatic carbocycles. The van der Waals surface area contributed by atoms with E-state index in [1.54, 1.807) is 0 Å². The predicted molar refractivity (Wildman–Crippen MR) is 57.5 cm³/mol. The number of likely N-dealkylation sites (tertiary alicyclic amines) is 1. The van der Waals surface area contributed by atoms with Crippen molar-refractivity contribution in [3.05, 3.63) is 35.4 Å². The molecule has 92 valence electrons. The van der Waals surface area contributed by atoms with Crippen molar-refractivity contribution in [1.29, 1.82) is 0 Å². The molecule has 1 aliphatic rings. The van der Waals surface area contributed by atoms with E-state index in [-0.39, 0.29) is 12.5 Å². The molecule has 1 atom stereocenters. The molecule has 1 heterocycles. The summed E-state index contributed by atoms with van der Waals surface area (Å²) in [5.74, 6) is -2.32. The number of benzene rings is 1. The van der Waals surface area contributed by atoms with Gasteiger partial charge in [0.25, 0.3) is 5.91 Å². The van der Waals surface area contributed by atoms with E-state index in [0.29, 0.717) is 19.5 Å². The topological polar surface area (TPSA) is 40.5 Å². The molecule has 3 nitrogen and oxygen atoms in total. The third-order valence-corrected chi connectivity index (χ3v) is 3.01. The zero-order valence-corrected chi connectivity index (χ0v) is 9.20. The van der Waals surface area contributed by atoms with Gasteiger partial charge in [0.05, 0.1) is 0 Å². The van der Waals surface area contributed by atoms with Crippen molar-refractivity contribution in [2.45, 2.75) is 6.42 Å². The normalized spacial score (nSPS) is 19.7. The Morgan fingerprint density at radius 2 is 2.06 bits per heavy atom. The first-order chi connectivity index (χ1) is 8.13. The van der Waals surface area contributed by atoms with Crippen LogP contribution in [0.15, 0.2) is 18.2 Å². The smallest absolute Gasteiger partial charge is 0.259 e. The molecule has 0 aromatic heterocycles. The lowest BCUT2D eigenvalue weighted by molar-refractivity contribution is 0.0772. The SMILES string of the molecule is O=C(c1c(F)cccc1F)N1CC[C@@H](CO)C1. The number of rotatable bonds is 2. The van der Waals surface area contributed by atoms with E-state index in [4.69, 9.17) is 5.11 Å². The van der Waals surface area contributed by atoms with Crippen molar-refractivity contribution < 1.29 is 18.7 Å². The minimum absolute atomic E-state index is 0.00813. The molecule has 1 N–H and O–H groups in total. The first kappa shape index (κ1) is 12.0. The quantitative estimate of drug-likeness (QED) is 0.850. The third-order valence-electron chi connectivity index (χ3n) is 3.01. The van der Waals surface area contributed by atoms with Crippen LogP contribution in [0.1, 0.15) is 16.8 Å². The van der Waals surface area contributed by atoms with Gasteiger partial charge < -0.3 is 10.0 Å². The van der Waals surface area contributed by atoms with Gasteiger partial charge in [-0.3, -0.25) is 4.79 Å². The van der Waals surface area contributed by atoms with Crippen molar-refractivity contribution in [3.8, 4) is 0 Å². The summed E-state index contributed by atoms with van der Waals surface area (Å²) in [7, 11) is 0. The summed E-state index contributed by atoms with van der Waals surface area (Å²) in [6.07, 6.45) is 0.665. The summed E-state index contributed by atoms with van der Waals surface area (Å²) in [5, 5.41) is 8.96. The average molecular weight is 241 g/mol. The summed E-state index contributed by atoms with van der Waals surface area (Å²) >= 11 is 0. The van der Waals surface area contributed by atoms with Gasteiger partial charge in [-0.15, -0.1) is 0 Å². The van der Waals surface area contributed by atoms with E-state index in [2.05, 4.69) is 0 Å². The Hall–Kier alpha value is -1.49. The minimum atomic E-state index is -0.845. The van der Waals surface area contributed by atoms with Crippen molar-refractivity contribution in [2.75, 3.05) is 19.7 Å². The number of carbonyl (C=O) groups is 1. The molecule has 1 saturated heterocycles. The second kappa shape index (κ2) is 4.79. The van der Waals surface area contributed by atoms with Gasteiger partial charge >= 0.3 is 0 Å². The van der Waals surface area contributed by atoms with Gasteiger partial charge in [0.1, 0.15) is 17.2 Å². The fourth-order valence-electron chi connectivity index (χ4n) is 2.03. The molecule has 17 heavy (non-hydrogen) atoms. The van der Waals surface area contributed by atoms with Gasteiger partial charge in [-0.05, 0) is 18.6 Å². The molecule has 1 fully saturated rings. The molecule has 1 aromatic rings. The highest BCUT2D eigenvalue weighted by molar-refractivity contribution is 5.94. The van der Waals surface area contributed by atoms with Gasteiger partial charge in [0.2, 0.25) is 0 Å². The highest BCUT2D eigenvalue weighted by Crippen LogP contribution is 2.21. The Labute approximate surface area is 97.7 Å². The van der Waals surface area contributed by atoms with E-state index in [1.165, 1.54) is 11.0 Å². The first-order valence-electron chi connectivity index (χ1n) is 5.47. The molecular formula is C12H13F2NO2. The van der Waals surface area contributed by atoms with Crippen LogP contribution in [-0.4, -0.2) is 35.6 Å². The van der Waals surface area contributed by atoms with Crippen LogP contribution in [0.3, 0.4) is 0 Å². The zero-order chi connectivity index (χ0) is 12.4. The molecule has 1 aromatic carbocycles. The number of amides is 1. The van der Waals surface area contributed by atoms with E-state index >= 15 is 0 Å². The van der Waals surface area contributed by atoms with Crippen molar-refractivity contribution in [1.82, 2.24) is 4.90 Å². The van der Waals surface area contributed by atoms with E-state index in [1.807, 2.05) is 0 Å². The average Bonchev–Trinajstić information content (AvgIpc) is 2.77. The van der Waals surface area contributed by atoms with E-state index in [9.17, 15) is 13.6 Å². The number of hydrogen-bond donors (Lipinski definition) is 1. The number of hydrogen-bond acceptors (Lipinski definition) is 2. The second-order valence-electron chi connectivity index (χ2n) is 4.19. The Kier molecular flexibility index (Phi) is 3.38. The maximum atomic E-state index is 13.4. The predicted octanol–water partition coefficient (Wildman–Crippen LogP) is 1.42. The van der Waals surface area contributed by atoms with Crippen molar-refractivity contribution >= 4 is 5.91 Å². The Balaban J connectivity index is 2.21. The van der Waals surface area contributed by atoms with Gasteiger partial charge in [-0.25, -0.2) is 8.78 Å². The van der Waals surface area contributed by atoms with Crippen LogP contribution in [0.5, 0.6) is 0 Å². The molecule has 0 saturated carbocycles. The standard InChI is InChI=1S/C12H13F2NO2/c13-9-2-1-3-10(14)11(9)12(17)15-5-4-8(6-15)7-16/h1-3,8,16H,4-7H2/t8-/m1/s1. The highest BCUT2D eigenvalue weighted by Gasteiger charge is 2.29. The lowest BCUT2D eigenvalue weighted by Crippen LogP contribution is -2.30. The Bertz CT molecular complexity index is 416. The lowest BCUT2D eigenvalue weighted by atomic mass is 10.1. The van der Waals surface area contributed by atoms with Crippen LogP contribution >= 0.6 is 0 Å². The Morgan fingerprint density at radius 1 is 1.41 bits per heavy atom. The van der Waals surface area contributed by atoms with Crippen molar-refractivity contribution in [3.63, 3.8) is 0 Å². The van der Waals surface area contributed by atoms with Gasteiger partial charge in [-0.1, -0.05) is 6.07 Å². The number of aliphatic hydroxyl groups is 1. The maximum Gasteiger partial charge on any atom is 0.259 e. The monoisotopic (exact) mass is 241 g/mol. The molecule has 1 amide bonds.